The predicted molar refractivity (Wildman–Crippen MR) is 135 cm³/mol. The van der Waals surface area contributed by atoms with Gasteiger partial charge < -0.3 is 19.0 Å². The average Bonchev–Trinajstić information content (AvgIpc) is 3.12. The Balaban J connectivity index is 2.35. The minimum atomic E-state index is -1.92. The summed E-state index contributed by atoms with van der Waals surface area (Å²) in [7, 11) is -1.92. The molecular weight excluding hydrogens is 436 g/mol. The zero-order chi connectivity index (χ0) is 25.1. The van der Waals surface area contributed by atoms with Gasteiger partial charge in [-0.05, 0) is 50.4 Å². The van der Waals surface area contributed by atoms with Crippen molar-refractivity contribution in [2.24, 2.45) is 0 Å². The summed E-state index contributed by atoms with van der Waals surface area (Å²) < 4.78 is 17.6. The van der Waals surface area contributed by atoms with Crippen molar-refractivity contribution in [3.63, 3.8) is 0 Å². The Hall–Kier alpha value is -1.02. The SMILES string of the molecule is CCOC(=O)CCCCCCCC(=O)/C=C/[C@H](O)[C@H]1C[C@H](O[Si](C)(C)C(C)(C)C)[C@@H](CC)O1. The lowest BCUT2D eigenvalue weighted by Crippen LogP contribution is -2.45. The second-order valence-electron chi connectivity index (χ2n) is 10.7. The van der Waals surface area contributed by atoms with Gasteiger partial charge >= 0.3 is 5.97 Å². The van der Waals surface area contributed by atoms with Crippen LogP contribution in [0.3, 0.4) is 0 Å². The van der Waals surface area contributed by atoms with Crippen molar-refractivity contribution in [1.82, 2.24) is 0 Å². The Morgan fingerprint density at radius 3 is 2.27 bits per heavy atom. The molecule has 0 spiro atoms. The molecule has 0 unspecified atom stereocenters. The first kappa shape index (κ1) is 30.0. The molecule has 4 atom stereocenters. The van der Waals surface area contributed by atoms with Gasteiger partial charge in [0.1, 0.15) is 0 Å². The number of esters is 1. The Labute approximate surface area is 202 Å². The van der Waals surface area contributed by atoms with Crippen LogP contribution >= 0.6 is 0 Å². The van der Waals surface area contributed by atoms with Crippen molar-refractivity contribution < 1.29 is 28.6 Å². The quantitative estimate of drug-likeness (QED) is 0.138. The molecule has 0 amide bonds. The Morgan fingerprint density at radius 1 is 1.09 bits per heavy atom. The number of rotatable bonds is 15. The minimum absolute atomic E-state index is 0.0107. The van der Waals surface area contributed by atoms with Gasteiger partial charge in [0, 0.05) is 19.3 Å². The van der Waals surface area contributed by atoms with Gasteiger partial charge in [-0.3, -0.25) is 9.59 Å². The smallest absolute Gasteiger partial charge is 0.305 e. The highest BCUT2D eigenvalue weighted by Gasteiger charge is 2.45. The fourth-order valence-electron chi connectivity index (χ4n) is 3.75. The lowest BCUT2D eigenvalue weighted by molar-refractivity contribution is -0.143. The first-order valence-electron chi connectivity index (χ1n) is 12.8. The Kier molecular flexibility index (Phi) is 13.1. The molecule has 0 aromatic rings. The van der Waals surface area contributed by atoms with E-state index in [2.05, 4.69) is 40.8 Å². The molecule has 0 aromatic carbocycles. The van der Waals surface area contributed by atoms with Crippen LogP contribution in [0.25, 0.3) is 0 Å². The minimum Gasteiger partial charge on any atom is -0.466 e. The first-order valence-corrected chi connectivity index (χ1v) is 15.7. The van der Waals surface area contributed by atoms with E-state index in [9.17, 15) is 14.7 Å². The molecule has 1 N–H and O–H groups in total. The Morgan fingerprint density at radius 2 is 1.70 bits per heavy atom. The maximum absolute atomic E-state index is 12.2. The molecule has 0 radical (unpaired) electrons. The number of aliphatic hydroxyl groups is 1. The summed E-state index contributed by atoms with van der Waals surface area (Å²) in [6.45, 7) is 15.5. The highest BCUT2D eigenvalue weighted by atomic mass is 28.4. The average molecular weight is 485 g/mol. The highest BCUT2D eigenvalue weighted by molar-refractivity contribution is 6.74. The van der Waals surface area contributed by atoms with E-state index in [1.54, 1.807) is 6.08 Å². The topological polar surface area (TPSA) is 82.1 Å². The molecule has 0 aliphatic carbocycles. The van der Waals surface area contributed by atoms with Crippen LogP contribution in [0.2, 0.25) is 18.1 Å². The van der Waals surface area contributed by atoms with Crippen LogP contribution in [0.15, 0.2) is 12.2 Å². The number of carbonyl (C=O) groups excluding carboxylic acids is 2. The van der Waals surface area contributed by atoms with Gasteiger partial charge in [-0.1, -0.05) is 53.0 Å². The number of hydrogen-bond acceptors (Lipinski definition) is 6. The summed E-state index contributed by atoms with van der Waals surface area (Å²) in [6, 6.07) is 0. The second kappa shape index (κ2) is 14.4. The van der Waals surface area contributed by atoms with Crippen LogP contribution in [0.5, 0.6) is 0 Å². The monoisotopic (exact) mass is 484 g/mol. The molecule has 1 saturated heterocycles. The largest absolute Gasteiger partial charge is 0.466 e. The number of allylic oxidation sites excluding steroid dienone is 1. The van der Waals surface area contributed by atoms with E-state index in [1.165, 1.54) is 6.08 Å². The maximum Gasteiger partial charge on any atom is 0.305 e. The van der Waals surface area contributed by atoms with Crippen LogP contribution in [-0.4, -0.2) is 56.2 Å². The van der Waals surface area contributed by atoms with Crippen LogP contribution in [-0.2, 0) is 23.5 Å². The zero-order valence-electron chi connectivity index (χ0n) is 22.0. The van der Waals surface area contributed by atoms with E-state index in [0.717, 1.165) is 38.5 Å². The zero-order valence-corrected chi connectivity index (χ0v) is 23.0. The summed E-state index contributed by atoms with van der Waals surface area (Å²) in [5.74, 6) is -0.106. The fourth-order valence-corrected chi connectivity index (χ4v) is 5.11. The third-order valence-electron chi connectivity index (χ3n) is 6.85. The molecule has 0 bridgehead atoms. The van der Waals surface area contributed by atoms with Gasteiger partial charge in [-0.25, -0.2) is 0 Å². The third-order valence-corrected chi connectivity index (χ3v) is 11.4. The van der Waals surface area contributed by atoms with E-state index >= 15 is 0 Å². The van der Waals surface area contributed by atoms with E-state index < -0.39 is 14.4 Å². The number of hydrogen-bond donors (Lipinski definition) is 1. The van der Waals surface area contributed by atoms with Crippen LogP contribution in [0.4, 0.5) is 0 Å². The van der Waals surface area contributed by atoms with Crippen molar-refractivity contribution in [2.45, 2.75) is 135 Å². The maximum atomic E-state index is 12.2. The van der Waals surface area contributed by atoms with E-state index in [0.29, 0.717) is 25.9 Å². The molecule has 1 rings (SSSR count). The number of unbranched alkanes of at least 4 members (excludes halogenated alkanes) is 4. The number of ketones is 1. The van der Waals surface area contributed by atoms with Crippen molar-refractivity contribution in [1.29, 1.82) is 0 Å². The molecule has 0 aromatic heterocycles. The summed E-state index contributed by atoms with van der Waals surface area (Å²) >= 11 is 0. The molecule has 6 nitrogen and oxygen atoms in total. The number of carbonyl (C=O) groups is 2. The normalized spacial score (nSPS) is 22.6. The van der Waals surface area contributed by atoms with Crippen molar-refractivity contribution in [3.05, 3.63) is 12.2 Å². The van der Waals surface area contributed by atoms with Gasteiger partial charge in [-0.2, -0.15) is 0 Å². The summed E-state index contributed by atoms with van der Waals surface area (Å²) in [5, 5.41) is 10.7. The number of aliphatic hydroxyl groups excluding tert-OH is 1. The van der Waals surface area contributed by atoms with E-state index in [4.69, 9.17) is 13.9 Å². The Bertz CT molecular complexity index is 625. The number of ether oxygens (including phenoxy) is 2. The molecule has 192 valence electrons. The van der Waals surface area contributed by atoms with Crippen molar-refractivity contribution in [3.8, 4) is 0 Å². The summed E-state index contributed by atoms with van der Waals surface area (Å²) in [5.41, 5.74) is 0. The van der Waals surface area contributed by atoms with Gasteiger partial charge in [0.15, 0.2) is 14.1 Å². The standard InChI is InChI=1S/C26H48O6Si/c1-8-22-24(32-33(6,7)26(3,4)5)19-23(31-22)21(28)18-17-20(27)15-13-11-10-12-14-16-25(29)30-9-2/h17-18,21-24,28H,8-16,19H2,1-7H3/b18-17+/t21-,22+,23+,24-/m0/s1. The molecule has 0 saturated carbocycles. The van der Waals surface area contributed by atoms with Gasteiger partial charge in [0.2, 0.25) is 0 Å². The molecule has 1 heterocycles. The van der Waals surface area contributed by atoms with E-state index in [1.807, 2.05) is 6.92 Å². The van der Waals surface area contributed by atoms with Gasteiger partial charge in [0.25, 0.3) is 0 Å². The van der Waals surface area contributed by atoms with Crippen molar-refractivity contribution >= 4 is 20.1 Å². The highest BCUT2D eigenvalue weighted by Crippen LogP contribution is 2.40. The van der Waals surface area contributed by atoms with Gasteiger partial charge in [0.05, 0.1) is 31.0 Å². The second-order valence-corrected chi connectivity index (χ2v) is 15.4. The molecule has 1 aliphatic rings. The third kappa shape index (κ3) is 10.8. The molecule has 33 heavy (non-hydrogen) atoms. The predicted octanol–water partition coefficient (Wildman–Crippen LogP) is 5.72. The lowest BCUT2D eigenvalue weighted by Gasteiger charge is -2.39. The summed E-state index contributed by atoms with van der Waals surface area (Å²) in [4.78, 5) is 23.5. The fraction of sp³-hybridized carbons (Fsp3) is 0.846. The van der Waals surface area contributed by atoms with Crippen molar-refractivity contribution in [2.75, 3.05) is 6.61 Å². The molecule has 1 aliphatic heterocycles. The van der Waals surface area contributed by atoms with Crippen LogP contribution in [0, 0.1) is 0 Å². The first-order chi connectivity index (χ1) is 15.4. The molecule has 1 fully saturated rings. The van der Waals surface area contributed by atoms with Crippen LogP contribution < -0.4 is 0 Å². The van der Waals surface area contributed by atoms with Crippen LogP contribution in [0.1, 0.15) is 92.4 Å². The van der Waals surface area contributed by atoms with Gasteiger partial charge in [-0.15, -0.1) is 0 Å². The van der Waals surface area contributed by atoms with E-state index in [-0.39, 0.29) is 35.1 Å². The lowest BCUT2D eigenvalue weighted by atomic mass is 10.0. The molecular formula is C26H48O6Si. The summed E-state index contributed by atoms with van der Waals surface area (Å²) in [6.07, 6.45) is 8.91. The molecule has 7 heteroatoms.